The Balaban J connectivity index is 1.73. The molecular formula is C17H15BrN4O2S. The van der Waals surface area contributed by atoms with E-state index in [1.165, 1.54) is 11.3 Å². The van der Waals surface area contributed by atoms with Gasteiger partial charge in [0.2, 0.25) is 0 Å². The van der Waals surface area contributed by atoms with Gasteiger partial charge in [-0.15, -0.1) is 11.3 Å². The highest BCUT2D eigenvalue weighted by molar-refractivity contribution is 9.10. The highest BCUT2D eigenvalue weighted by Crippen LogP contribution is 2.22. The first-order valence-corrected chi connectivity index (χ1v) is 9.09. The van der Waals surface area contributed by atoms with E-state index < -0.39 is 0 Å². The summed E-state index contributed by atoms with van der Waals surface area (Å²) in [4.78, 5) is 28.8. The maximum Gasteiger partial charge on any atom is 0.271 e. The monoisotopic (exact) mass is 418 g/mol. The smallest absolute Gasteiger partial charge is 0.271 e. The second-order valence-electron chi connectivity index (χ2n) is 5.35. The molecule has 0 saturated heterocycles. The van der Waals surface area contributed by atoms with Gasteiger partial charge >= 0.3 is 0 Å². The number of carbonyl (C=O) groups excluding carboxylic acids is 2. The number of hydrogen-bond donors (Lipinski definition) is 2. The van der Waals surface area contributed by atoms with Gasteiger partial charge in [0.05, 0.1) is 5.56 Å². The quantitative estimate of drug-likeness (QED) is 0.639. The zero-order chi connectivity index (χ0) is 18.0. The van der Waals surface area contributed by atoms with E-state index in [-0.39, 0.29) is 11.8 Å². The summed E-state index contributed by atoms with van der Waals surface area (Å²) in [6.07, 6.45) is 1.72. The summed E-state index contributed by atoms with van der Waals surface area (Å²) in [6.45, 7) is 3.76. The van der Waals surface area contributed by atoms with Crippen molar-refractivity contribution in [2.45, 2.75) is 13.8 Å². The third-order valence-corrected chi connectivity index (χ3v) is 4.97. The van der Waals surface area contributed by atoms with Crippen molar-refractivity contribution in [1.82, 2.24) is 20.4 Å². The van der Waals surface area contributed by atoms with Crippen molar-refractivity contribution >= 4 is 39.1 Å². The van der Waals surface area contributed by atoms with E-state index in [1.807, 2.05) is 23.8 Å². The molecule has 0 aliphatic heterocycles. The molecule has 2 aromatic heterocycles. The zero-order valence-corrected chi connectivity index (χ0v) is 15.9. The Kier molecular flexibility index (Phi) is 5.00. The lowest BCUT2D eigenvalue weighted by atomic mass is 10.2. The summed E-state index contributed by atoms with van der Waals surface area (Å²) in [5.41, 5.74) is 7.50. The Morgan fingerprint density at radius 3 is 2.44 bits per heavy atom. The minimum atomic E-state index is -0.380. The van der Waals surface area contributed by atoms with Gasteiger partial charge < -0.3 is 0 Å². The lowest BCUT2D eigenvalue weighted by Gasteiger charge is -2.08. The first kappa shape index (κ1) is 17.4. The van der Waals surface area contributed by atoms with Crippen molar-refractivity contribution < 1.29 is 9.59 Å². The van der Waals surface area contributed by atoms with Gasteiger partial charge in [0.25, 0.3) is 11.8 Å². The lowest BCUT2D eigenvalue weighted by molar-refractivity contribution is 0.0846. The van der Waals surface area contributed by atoms with Gasteiger partial charge in [0.15, 0.2) is 5.13 Å². The molecule has 3 rings (SSSR count). The number of halogens is 1. The average Bonchev–Trinajstić information content (AvgIpc) is 3.21. The minimum Gasteiger partial charge on any atom is -0.294 e. The number of hydrazine groups is 1. The van der Waals surface area contributed by atoms with E-state index in [9.17, 15) is 9.59 Å². The summed E-state index contributed by atoms with van der Waals surface area (Å²) in [7, 11) is 0. The van der Waals surface area contributed by atoms with Crippen LogP contribution < -0.4 is 10.9 Å². The van der Waals surface area contributed by atoms with Crippen LogP contribution in [0.15, 0.2) is 46.4 Å². The molecule has 0 unspecified atom stereocenters. The van der Waals surface area contributed by atoms with E-state index in [4.69, 9.17) is 0 Å². The summed E-state index contributed by atoms with van der Waals surface area (Å²) in [5.74, 6) is -0.754. The van der Waals surface area contributed by atoms with Crippen LogP contribution in [0, 0.1) is 13.8 Å². The second kappa shape index (κ2) is 7.20. The number of amides is 2. The Bertz CT molecular complexity index is 917. The first-order chi connectivity index (χ1) is 12.0. The zero-order valence-electron chi connectivity index (χ0n) is 13.5. The fraction of sp³-hybridized carbons (Fsp3) is 0.118. The average molecular weight is 419 g/mol. The standard InChI is InChI=1S/C17H15BrN4O2S/c1-10-9-14(11(2)22(10)17-19-7-8-25-17)16(24)21-20-15(23)12-3-5-13(18)6-4-12/h3-9H,1-2H3,(H,20,23)(H,21,24). The van der Waals surface area contributed by atoms with Gasteiger partial charge in [-0.1, -0.05) is 15.9 Å². The van der Waals surface area contributed by atoms with Crippen LogP contribution in [0.1, 0.15) is 32.1 Å². The van der Waals surface area contributed by atoms with E-state index in [1.54, 1.807) is 36.5 Å². The third-order valence-electron chi connectivity index (χ3n) is 3.68. The molecule has 6 nitrogen and oxygen atoms in total. The molecule has 0 saturated carbocycles. The molecule has 0 aliphatic carbocycles. The van der Waals surface area contributed by atoms with Crippen molar-refractivity contribution in [2.24, 2.45) is 0 Å². The van der Waals surface area contributed by atoms with Crippen LogP contribution in [0.2, 0.25) is 0 Å². The highest BCUT2D eigenvalue weighted by Gasteiger charge is 2.18. The largest absolute Gasteiger partial charge is 0.294 e. The number of aryl methyl sites for hydroxylation is 1. The molecule has 128 valence electrons. The van der Waals surface area contributed by atoms with E-state index >= 15 is 0 Å². The van der Waals surface area contributed by atoms with Gasteiger partial charge in [0.1, 0.15) is 0 Å². The maximum absolute atomic E-state index is 12.4. The van der Waals surface area contributed by atoms with Crippen molar-refractivity contribution in [1.29, 1.82) is 0 Å². The topological polar surface area (TPSA) is 76.0 Å². The molecule has 2 amide bonds. The molecule has 2 N–H and O–H groups in total. The molecule has 0 aliphatic rings. The van der Waals surface area contributed by atoms with Gasteiger partial charge in [-0.05, 0) is 44.2 Å². The summed E-state index contributed by atoms with van der Waals surface area (Å²) in [5, 5.41) is 2.68. The molecule has 0 radical (unpaired) electrons. The van der Waals surface area contributed by atoms with Crippen molar-refractivity contribution in [3.63, 3.8) is 0 Å². The second-order valence-corrected chi connectivity index (χ2v) is 7.14. The first-order valence-electron chi connectivity index (χ1n) is 7.42. The number of rotatable bonds is 3. The summed E-state index contributed by atoms with van der Waals surface area (Å²) >= 11 is 4.81. The van der Waals surface area contributed by atoms with Crippen LogP contribution in [0.3, 0.4) is 0 Å². The van der Waals surface area contributed by atoms with Crippen LogP contribution in [0.4, 0.5) is 0 Å². The highest BCUT2D eigenvalue weighted by atomic mass is 79.9. The van der Waals surface area contributed by atoms with Crippen LogP contribution in [-0.2, 0) is 0 Å². The fourth-order valence-corrected chi connectivity index (χ4v) is 3.48. The lowest BCUT2D eigenvalue weighted by Crippen LogP contribution is -2.41. The van der Waals surface area contributed by atoms with Gasteiger partial charge in [-0.25, -0.2) is 4.98 Å². The number of nitrogens with one attached hydrogen (secondary N) is 2. The van der Waals surface area contributed by atoms with E-state index in [0.29, 0.717) is 11.1 Å². The molecule has 0 bridgehead atoms. The minimum absolute atomic E-state index is 0.374. The van der Waals surface area contributed by atoms with Gasteiger partial charge in [0, 0.05) is 33.0 Å². The van der Waals surface area contributed by atoms with Crippen LogP contribution in [0.5, 0.6) is 0 Å². The maximum atomic E-state index is 12.4. The fourth-order valence-electron chi connectivity index (χ4n) is 2.47. The summed E-state index contributed by atoms with van der Waals surface area (Å²) in [6, 6.07) is 8.63. The number of thiazole rings is 1. The number of carbonyl (C=O) groups is 2. The SMILES string of the molecule is Cc1cc(C(=O)NNC(=O)c2ccc(Br)cc2)c(C)n1-c1nccs1. The Labute approximate surface area is 157 Å². The molecule has 0 fully saturated rings. The van der Waals surface area contributed by atoms with E-state index in [2.05, 4.69) is 31.8 Å². The van der Waals surface area contributed by atoms with Crippen molar-refractivity contribution in [3.8, 4) is 5.13 Å². The molecular weight excluding hydrogens is 404 g/mol. The molecule has 0 spiro atoms. The van der Waals surface area contributed by atoms with Crippen LogP contribution in [0.25, 0.3) is 5.13 Å². The normalized spacial score (nSPS) is 10.5. The Morgan fingerprint density at radius 2 is 1.80 bits per heavy atom. The van der Waals surface area contributed by atoms with Crippen molar-refractivity contribution in [3.05, 3.63) is 68.9 Å². The predicted octanol–water partition coefficient (Wildman–Crippen LogP) is 3.39. The van der Waals surface area contributed by atoms with Crippen molar-refractivity contribution in [2.75, 3.05) is 0 Å². The molecule has 8 heteroatoms. The van der Waals surface area contributed by atoms with Crippen LogP contribution in [-0.4, -0.2) is 21.4 Å². The van der Waals surface area contributed by atoms with E-state index in [0.717, 1.165) is 21.0 Å². The number of nitrogens with zero attached hydrogens (tertiary/aromatic N) is 2. The molecule has 1 aromatic carbocycles. The number of aromatic nitrogens is 2. The van der Waals surface area contributed by atoms with Gasteiger partial charge in [-0.2, -0.15) is 0 Å². The van der Waals surface area contributed by atoms with Crippen LogP contribution >= 0.6 is 27.3 Å². The summed E-state index contributed by atoms with van der Waals surface area (Å²) < 4.78 is 2.79. The number of benzene rings is 1. The molecule has 3 aromatic rings. The molecule has 25 heavy (non-hydrogen) atoms. The number of hydrogen-bond acceptors (Lipinski definition) is 4. The predicted molar refractivity (Wildman–Crippen MR) is 100.0 cm³/mol. The third kappa shape index (κ3) is 3.64. The molecule has 2 heterocycles. The van der Waals surface area contributed by atoms with Gasteiger partial charge in [-0.3, -0.25) is 25.0 Å². The Morgan fingerprint density at radius 1 is 1.12 bits per heavy atom. The Hall–Kier alpha value is -2.45. The molecule has 0 atom stereocenters.